The largest absolute Gasteiger partial charge is 0.321 e. The topological polar surface area (TPSA) is 64.2 Å². The first kappa shape index (κ1) is 17.8. The summed E-state index contributed by atoms with van der Waals surface area (Å²) in [5.74, 6) is -0.0802. The lowest BCUT2D eigenvalue weighted by molar-refractivity contribution is 0.101. The monoisotopic (exact) mass is 397 g/mol. The molecule has 0 fully saturated rings. The van der Waals surface area contributed by atoms with E-state index in [9.17, 15) is 9.18 Å². The molecule has 5 rings (SSSR count). The molecule has 0 bridgehead atoms. The molecule has 7 heteroatoms. The molecule has 4 aromatic heterocycles. The number of fused-ring (bicyclic) bond motifs is 1. The molecular formula is C23H16FN5O. The second-order valence-corrected chi connectivity index (χ2v) is 6.74. The zero-order valence-corrected chi connectivity index (χ0v) is 15.7. The molecule has 5 aromatic rings. The Bertz CT molecular complexity index is 1360. The zero-order valence-electron chi connectivity index (χ0n) is 15.7. The van der Waals surface area contributed by atoms with Gasteiger partial charge >= 0.3 is 0 Å². The van der Waals surface area contributed by atoms with Crippen LogP contribution in [0.2, 0.25) is 0 Å². The molecule has 0 radical (unpaired) electrons. The van der Waals surface area contributed by atoms with Crippen LogP contribution in [-0.4, -0.2) is 25.1 Å². The second-order valence-electron chi connectivity index (χ2n) is 6.74. The number of hydrogen-bond acceptors (Lipinski definition) is 3. The van der Waals surface area contributed by atoms with Crippen LogP contribution in [0, 0.1) is 5.82 Å². The van der Waals surface area contributed by atoms with Gasteiger partial charge in [-0.15, -0.1) is 0 Å². The molecule has 4 heterocycles. The molecule has 1 amide bonds. The standard InChI is InChI=1S/C23H16FN5O/c24-18-4-1-5-19(13-18)27-23(30)21-10-12-26-29(21)22-9-8-20-7-6-17(15-28(20)22)16-3-2-11-25-14-16/h1-15H,(H,27,30). The quantitative estimate of drug-likeness (QED) is 0.483. The summed E-state index contributed by atoms with van der Waals surface area (Å²) in [6.45, 7) is 0. The summed E-state index contributed by atoms with van der Waals surface area (Å²) in [6, 6.07) is 19.2. The Labute approximate surface area is 171 Å². The molecule has 0 aliphatic heterocycles. The summed E-state index contributed by atoms with van der Waals surface area (Å²) in [4.78, 5) is 17.0. The van der Waals surface area contributed by atoms with Crippen LogP contribution in [0.1, 0.15) is 10.5 Å². The fourth-order valence-corrected chi connectivity index (χ4v) is 3.38. The summed E-state index contributed by atoms with van der Waals surface area (Å²) in [6.07, 6.45) is 7.08. The number of carbonyl (C=O) groups is 1. The molecular weight excluding hydrogens is 381 g/mol. The van der Waals surface area contributed by atoms with Gasteiger partial charge in [0.25, 0.3) is 5.91 Å². The maximum atomic E-state index is 13.4. The minimum atomic E-state index is -0.415. The summed E-state index contributed by atoms with van der Waals surface area (Å²) >= 11 is 0. The Hall–Kier alpha value is -4.26. The van der Waals surface area contributed by atoms with Gasteiger partial charge in [0.05, 0.1) is 6.20 Å². The lowest BCUT2D eigenvalue weighted by atomic mass is 10.1. The lowest BCUT2D eigenvalue weighted by Crippen LogP contribution is -2.17. The zero-order chi connectivity index (χ0) is 20.5. The number of anilines is 1. The van der Waals surface area contributed by atoms with Crippen molar-refractivity contribution in [3.8, 4) is 16.9 Å². The van der Waals surface area contributed by atoms with Crippen molar-refractivity contribution in [1.82, 2.24) is 19.2 Å². The van der Waals surface area contributed by atoms with E-state index in [0.717, 1.165) is 16.6 Å². The van der Waals surface area contributed by atoms with Crippen molar-refractivity contribution in [3.05, 3.63) is 103 Å². The third-order valence-electron chi connectivity index (χ3n) is 4.80. The van der Waals surface area contributed by atoms with E-state index in [1.807, 2.05) is 47.0 Å². The molecule has 1 N–H and O–H groups in total. The molecule has 0 saturated heterocycles. The first-order valence-electron chi connectivity index (χ1n) is 9.32. The van der Waals surface area contributed by atoms with Crippen LogP contribution in [0.3, 0.4) is 0 Å². The van der Waals surface area contributed by atoms with Gasteiger partial charge in [-0.05, 0) is 54.1 Å². The van der Waals surface area contributed by atoms with E-state index in [1.165, 1.54) is 12.1 Å². The van der Waals surface area contributed by atoms with Gasteiger partial charge < -0.3 is 9.72 Å². The first-order valence-corrected chi connectivity index (χ1v) is 9.32. The van der Waals surface area contributed by atoms with E-state index in [2.05, 4.69) is 15.4 Å². The van der Waals surface area contributed by atoms with Crippen molar-refractivity contribution in [2.24, 2.45) is 0 Å². The molecule has 0 aliphatic rings. The molecule has 0 spiro atoms. The molecule has 1 aromatic carbocycles. The number of nitrogens with zero attached hydrogens (tertiary/aromatic N) is 4. The fourth-order valence-electron chi connectivity index (χ4n) is 3.38. The van der Waals surface area contributed by atoms with Gasteiger partial charge in [-0.2, -0.15) is 5.10 Å². The molecule has 146 valence electrons. The van der Waals surface area contributed by atoms with Gasteiger partial charge in [-0.25, -0.2) is 9.07 Å². The van der Waals surface area contributed by atoms with E-state index in [-0.39, 0.29) is 5.91 Å². The maximum absolute atomic E-state index is 13.4. The third-order valence-corrected chi connectivity index (χ3v) is 4.80. The highest BCUT2D eigenvalue weighted by Crippen LogP contribution is 2.23. The number of aromatic nitrogens is 4. The van der Waals surface area contributed by atoms with Gasteiger partial charge in [0.2, 0.25) is 0 Å². The van der Waals surface area contributed by atoms with Crippen LogP contribution in [-0.2, 0) is 0 Å². The predicted molar refractivity (Wildman–Crippen MR) is 112 cm³/mol. The second kappa shape index (κ2) is 7.29. The van der Waals surface area contributed by atoms with E-state index in [0.29, 0.717) is 17.2 Å². The Morgan fingerprint density at radius 3 is 2.67 bits per heavy atom. The Kier molecular flexibility index (Phi) is 4.33. The average Bonchev–Trinajstić information content (AvgIpc) is 3.40. The van der Waals surface area contributed by atoms with Crippen molar-refractivity contribution in [3.63, 3.8) is 0 Å². The summed E-state index contributed by atoms with van der Waals surface area (Å²) in [5.41, 5.74) is 3.66. The van der Waals surface area contributed by atoms with E-state index in [1.54, 1.807) is 41.5 Å². The highest BCUT2D eigenvalue weighted by atomic mass is 19.1. The molecule has 0 unspecified atom stereocenters. The number of carbonyl (C=O) groups excluding carboxylic acids is 1. The predicted octanol–water partition coefficient (Wildman–Crippen LogP) is 4.58. The van der Waals surface area contributed by atoms with Crippen LogP contribution in [0.25, 0.3) is 22.5 Å². The highest BCUT2D eigenvalue weighted by Gasteiger charge is 2.16. The van der Waals surface area contributed by atoms with E-state index in [4.69, 9.17) is 0 Å². The first-order chi connectivity index (χ1) is 14.7. The van der Waals surface area contributed by atoms with Crippen molar-refractivity contribution < 1.29 is 9.18 Å². The molecule has 0 saturated carbocycles. The minimum Gasteiger partial charge on any atom is -0.321 e. The summed E-state index contributed by atoms with van der Waals surface area (Å²) in [7, 11) is 0. The van der Waals surface area contributed by atoms with Crippen LogP contribution in [0.5, 0.6) is 0 Å². The van der Waals surface area contributed by atoms with E-state index < -0.39 is 5.82 Å². The smallest absolute Gasteiger partial charge is 0.274 e. The van der Waals surface area contributed by atoms with Crippen molar-refractivity contribution >= 4 is 17.1 Å². The summed E-state index contributed by atoms with van der Waals surface area (Å²) in [5, 5.41) is 7.06. The molecule has 6 nitrogen and oxygen atoms in total. The highest BCUT2D eigenvalue weighted by molar-refractivity contribution is 6.03. The number of hydrogen-bond donors (Lipinski definition) is 1. The molecule has 0 aliphatic carbocycles. The van der Waals surface area contributed by atoms with Gasteiger partial charge in [0.15, 0.2) is 0 Å². The van der Waals surface area contributed by atoms with Gasteiger partial charge in [0.1, 0.15) is 17.3 Å². The molecule has 0 atom stereocenters. The third kappa shape index (κ3) is 3.22. The van der Waals surface area contributed by atoms with Crippen LogP contribution >= 0.6 is 0 Å². The fraction of sp³-hybridized carbons (Fsp3) is 0. The van der Waals surface area contributed by atoms with Crippen LogP contribution in [0.15, 0.2) is 91.5 Å². The van der Waals surface area contributed by atoms with Crippen molar-refractivity contribution in [1.29, 1.82) is 0 Å². The SMILES string of the molecule is O=C(Nc1cccc(F)c1)c1ccnn1-c1ccc2ccc(-c3cccnc3)cn12. The van der Waals surface area contributed by atoms with Crippen molar-refractivity contribution in [2.75, 3.05) is 5.32 Å². The van der Waals surface area contributed by atoms with Gasteiger partial charge in [0, 0.05) is 35.4 Å². The number of benzene rings is 1. The number of amides is 1. The summed E-state index contributed by atoms with van der Waals surface area (Å²) < 4.78 is 17.0. The average molecular weight is 397 g/mol. The maximum Gasteiger partial charge on any atom is 0.274 e. The van der Waals surface area contributed by atoms with Gasteiger partial charge in [-0.3, -0.25) is 9.78 Å². The van der Waals surface area contributed by atoms with Crippen LogP contribution < -0.4 is 5.32 Å². The minimum absolute atomic E-state index is 0.339. The Morgan fingerprint density at radius 2 is 1.83 bits per heavy atom. The number of nitrogens with one attached hydrogen (secondary N) is 1. The normalized spacial score (nSPS) is 11.0. The Morgan fingerprint density at radius 1 is 0.933 bits per heavy atom. The lowest BCUT2D eigenvalue weighted by Gasteiger charge is -2.10. The van der Waals surface area contributed by atoms with E-state index >= 15 is 0 Å². The Balaban J connectivity index is 1.54. The number of pyridine rings is 2. The molecule has 30 heavy (non-hydrogen) atoms. The number of rotatable bonds is 4. The van der Waals surface area contributed by atoms with Crippen LogP contribution in [0.4, 0.5) is 10.1 Å². The van der Waals surface area contributed by atoms with Crippen molar-refractivity contribution in [2.45, 2.75) is 0 Å². The van der Waals surface area contributed by atoms with Gasteiger partial charge in [-0.1, -0.05) is 18.2 Å². The number of halogens is 1.